The summed E-state index contributed by atoms with van der Waals surface area (Å²) in [6, 6.07) is 18.8. The van der Waals surface area contributed by atoms with Gasteiger partial charge in [-0.3, -0.25) is 19.3 Å². The highest BCUT2D eigenvalue weighted by Gasteiger charge is 2.47. The minimum atomic E-state index is -0.836. The fraction of sp³-hybridized carbons (Fsp3) is 0.233. The Morgan fingerprint density at radius 2 is 1.76 bits per heavy atom. The first-order chi connectivity index (χ1) is 18.3. The normalized spacial score (nSPS) is 18.2. The van der Waals surface area contributed by atoms with Gasteiger partial charge in [0, 0.05) is 30.9 Å². The number of fused-ring (bicyclic) bond motifs is 1. The number of anilines is 3. The predicted octanol–water partition coefficient (Wildman–Crippen LogP) is 4.66. The molecule has 3 aromatic carbocycles. The maximum absolute atomic E-state index is 13.5. The molecule has 8 heteroatoms. The first-order valence-electron chi connectivity index (χ1n) is 12.5. The summed E-state index contributed by atoms with van der Waals surface area (Å²) in [6.45, 7) is 4.72. The van der Waals surface area contributed by atoms with Crippen LogP contribution < -0.4 is 19.9 Å². The number of carbonyl (C=O) groups excluding carboxylic acids is 3. The van der Waals surface area contributed by atoms with Crippen LogP contribution in [0.5, 0.6) is 5.75 Å². The summed E-state index contributed by atoms with van der Waals surface area (Å²) in [6.07, 6.45) is 0.843. The number of Topliss-reactive ketones (excluding diaryl/α,β-unsaturated/α-hetero) is 1. The van der Waals surface area contributed by atoms with Gasteiger partial charge in [-0.05, 0) is 60.0 Å². The maximum atomic E-state index is 13.5. The standard InChI is InChI=1S/C30H29N3O5/c1-4-19-5-7-20(8-6-19)27-26(28(35)21-9-14-25-24(17-21)32(3)15-16-38-25)29(36)30(37)33(27)23-12-10-22(11-13-23)31-18(2)34/h5-14,17,27,35H,4,15-16H2,1-3H3,(H,31,34)/b28-26-. The summed E-state index contributed by atoms with van der Waals surface area (Å²) in [5.74, 6) is -1.26. The van der Waals surface area contributed by atoms with Crippen LogP contribution >= 0.6 is 0 Å². The highest BCUT2D eigenvalue weighted by atomic mass is 16.5. The van der Waals surface area contributed by atoms with Gasteiger partial charge in [0.2, 0.25) is 5.91 Å². The Labute approximate surface area is 221 Å². The highest BCUT2D eigenvalue weighted by molar-refractivity contribution is 6.51. The Bertz CT molecular complexity index is 1440. The third-order valence-corrected chi connectivity index (χ3v) is 6.94. The summed E-state index contributed by atoms with van der Waals surface area (Å²) in [4.78, 5) is 41.8. The number of ketones is 1. The number of amides is 2. The molecule has 1 fully saturated rings. The quantitative estimate of drug-likeness (QED) is 0.294. The molecule has 0 aliphatic carbocycles. The van der Waals surface area contributed by atoms with Gasteiger partial charge < -0.3 is 20.1 Å². The van der Waals surface area contributed by atoms with Gasteiger partial charge in [-0.1, -0.05) is 31.2 Å². The van der Waals surface area contributed by atoms with Gasteiger partial charge in [0.15, 0.2) is 0 Å². The molecule has 0 bridgehead atoms. The fourth-order valence-corrected chi connectivity index (χ4v) is 4.91. The van der Waals surface area contributed by atoms with E-state index in [1.165, 1.54) is 11.8 Å². The summed E-state index contributed by atoms with van der Waals surface area (Å²) in [5.41, 5.74) is 4.10. The van der Waals surface area contributed by atoms with E-state index in [-0.39, 0.29) is 17.2 Å². The summed E-state index contributed by atoms with van der Waals surface area (Å²) in [5, 5.41) is 14.2. The number of likely N-dealkylation sites (N-methyl/N-ethyl adjacent to an activating group) is 1. The number of aliphatic hydroxyl groups is 1. The maximum Gasteiger partial charge on any atom is 0.300 e. The van der Waals surface area contributed by atoms with Crippen molar-refractivity contribution in [2.24, 2.45) is 0 Å². The van der Waals surface area contributed by atoms with E-state index in [9.17, 15) is 19.5 Å². The third-order valence-electron chi connectivity index (χ3n) is 6.94. The van der Waals surface area contributed by atoms with E-state index in [1.54, 1.807) is 42.5 Å². The molecule has 2 amide bonds. The molecule has 3 aromatic rings. The van der Waals surface area contributed by atoms with Crippen LogP contribution in [0.15, 0.2) is 72.3 Å². The molecular weight excluding hydrogens is 482 g/mol. The number of benzene rings is 3. The van der Waals surface area contributed by atoms with Crippen molar-refractivity contribution in [3.05, 3.63) is 89.0 Å². The SMILES string of the molecule is CCc1ccc(C2/C(=C(/O)c3ccc4c(c3)N(C)CCO4)C(=O)C(=O)N2c2ccc(NC(C)=O)cc2)cc1. The number of ether oxygens (including phenoxy) is 1. The van der Waals surface area contributed by atoms with Crippen LogP contribution in [0.4, 0.5) is 17.1 Å². The Balaban J connectivity index is 1.64. The second kappa shape index (κ2) is 10.0. The smallest absolute Gasteiger partial charge is 0.300 e. The van der Waals surface area contributed by atoms with Gasteiger partial charge in [0.1, 0.15) is 18.1 Å². The number of nitrogens with zero attached hydrogens (tertiary/aromatic N) is 2. The molecule has 2 N–H and O–H groups in total. The van der Waals surface area contributed by atoms with Crippen LogP contribution in [0.1, 0.15) is 36.6 Å². The topological polar surface area (TPSA) is 99.2 Å². The molecule has 0 spiro atoms. The van der Waals surface area contributed by atoms with E-state index in [0.29, 0.717) is 41.4 Å². The van der Waals surface area contributed by atoms with E-state index < -0.39 is 17.7 Å². The lowest BCUT2D eigenvalue weighted by molar-refractivity contribution is -0.132. The molecule has 5 rings (SSSR count). The van der Waals surface area contributed by atoms with Crippen molar-refractivity contribution in [1.82, 2.24) is 0 Å². The second-order valence-electron chi connectivity index (χ2n) is 9.44. The van der Waals surface area contributed by atoms with Crippen molar-refractivity contribution >= 4 is 40.4 Å². The number of aryl methyl sites for hydroxylation is 1. The molecule has 2 aliphatic rings. The van der Waals surface area contributed by atoms with Crippen molar-refractivity contribution in [3.63, 3.8) is 0 Å². The zero-order valence-electron chi connectivity index (χ0n) is 21.5. The molecule has 1 saturated heterocycles. The average molecular weight is 512 g/mol. The molecule has 0 saturated carbocycles. The summed E-state index contributed by atoms with van der Waals surface area (Å²) in [7, 11) is 1.93. The molecule has 194 valence electrons. The first-order valence-corrected chi connectivity index (χ1v) is 12.5. The van der Waals surface area contributed by atoms with Crippen LogP contribution in [0.2, 0.25) is 0 Å². The predicted molar refractivity (Wildman–Crippen MR) is 147 cm³/mol. The van der Waals surface area contributed by atoms with Crippen molar-refractivity contribution in [3.8, 4) is 5.75 Å². The first kappa shape index (κ1) is 25.1. The number of hydrogen-bond donors (Lipinski definition) is 2. The molecule has 2 aliphatic heterocycles. The molecule has 0 aromatic heterocycles. The van der Waals surface area contributed by atoms with Crippen LogP contribution in [-0.2, 0) is 20.8 Å². The Morgan fingerprint density at radius 1 is 1.05 bits per heavy atom. The molecule has 0 radical (unpaired) electrons. The number of carbonyl (C=O) groups is 3. The van der Waals surface area contributed by atoms with E-state index in [0.717, 1.165) is 17.7 Å². The van der Waals surface area contributed by atoms with Crippen LogP contribution in [0.25, 0.3) is 5.76 Å². The lowest BCUT2D eigenvalue weighted by atomic mass is 9.94. The van der Waals surface area contributed by atoms with Crippen molar-refractivity contribution in [2.75, 3.05) is 35.3 Å². The van der Waals surface area contributed by atoms with E-state index in [4.69, 9.17) is 4.74 Å². The average Bonchev–Trinajstić information content (AvgIpc) is 3.18. The van der Waals surface area contributed by atoms with Gasteiger partial charge in [0.05, 0.1) is 23.8 Å². The van der Waals surface area contributed by atoms with E-state index in [1.807, 2.05) is 36.2 Å². The van der Waals surface area contributed by atoms with Crippen LogP contribution in [0, 0.1) is 0 Å². The lowest BCUT2D eigenvalue weighted by Crippen LogP contribution is -2.29. The van der Waals surface area contributed by atoms with Crippen molar-refractivity contribution in [1.29, 1.82) is 0 Å². The monoisotopic (exact) mass is 511 g/mol. The Morgan fingerprint density at radius 3 is 2.42 bits per heavy atom. The van der Waals surface area contributed by atoms with Gasteiger partial charge in [0.25, 0.3) is 11.7 Å². The summed E-state index contributed by atoms with van der Waals surface area (Å²) >= 11 is 0. The largest absolute Gasteiger partial charge is 0.507 e. The zero-order valence-corrected chi connectivity index (χ0v) is 21.5. The number of aliphatic hydroxyl groups excluding tert-OH is 1. The molecule has 8 nitrogen and oxygen atoms in total. The van der Waals surface area contributed by atoms with E-state index >= 15 is 0 Å². The number of nitrogens with one attached hydrogen (secondary N) is 1. The number of rotatable bonds is 5. The second-order valence-corrected chi connectivity index (χ2v) is 9.44. The van der Waals surface area contributed by atoms with Crippen molar-refractivity contribution in [2.45, 2.75) is 26.3 Å². The zero-order chi connectivity index (χ0) is 27.0. The third kappa shape index (κ3) is 4.49. The molecular formula is C30H29N3O5. The molecule has 2 heterocycles. The Hall–Kier alpha value is -4.59. The Kier molecular flexibility index (Phi) is 6.63. The van der Waals surface area contributed by atoms with Gasteiger partial charge in [-0.15, -0.1) is 0 Å². The minimum absolute atomic E-state index is 0.0181. The molecule has 1 unspecified atom stereocenters. The lowest BCUT2D eigenvalue weighted by Gasteiger charge is -2.28. The minimum Gasteiger partial charge on any atom is -0.507 e. The molecule has 1 atom stereocenters. The van der Waals surface area contributed by atoms with Gasteiger partial charge in [-0.25, -0.2) is 0 Å². The van der Waals surface area contributed by atoms with E-state index in [2.05, 4.69) is 12.2 Å². The van der Waals surface area contributed by atoms with Crippen LogP contribution in [0.3, 0.4) is 0 Å². The van der Waals surface area contributed by atoms with Crippen molar-refractivity contribution < 1.29 is 24.2 Å². The highest BCUT2D eigenvalue weighted by Crippen LogP contribution is 2.43. The summed E-state index contributed by atoms with van der Waals surface area (Å²) < 4.78 is 5.72. The fourth-order valence-electron chi connectivity index (χ4n) is 4.91. The van der Waals surface area contributed by atoms with Gasteiger partial charge in [-0.2, -0.15) is 0 Å². The van der Waals surface area contributed by atoms with Crippen LogP contribution in [-0.4, -0.2) is 42.9 Å². The van der Waals surface area contributed by atoms with Gasteiger partial charge >= 0.3 is 0 Å². The molecule has 38 heavy (non-hydrogen) atoms. The number of hydrogen-bond acceptors (Lipinski definition) is 6.